The molecule has 0 radical (unpaired) electrons. The summed E-state index contributed by atoms with van der Waals surface area (Å²) in [5.41, 5.74) is 3.30. The van der Waals surface area contributed by atoms with Crippen LogP contribution in [0.5, 0.6) is 0 Å². The van der Waals surface area contributed by atoms with Crippen molar-refractivity contribution in [3.8, 4) is 0 Å². The van der Waals surface area contributed by atoms with Gasteiger partial charge in [0.2, 0.25) is 11.8 Å². The predicted octanol–water partition coefficient (Wildman–Crippen LogP) is 3.16. The Hall–Kier alpha value is -2.96. The summed E-state index contributed by atoms with van der Waals surface area (Å²) in [6.45, 7) is 6.42. The molecule has 2 amide bonds. The Labute approximate surface area is 157 Å². The Morgan fingerprint density at radius 1 is 1.00 bits per heavy atom. The number of carbonyl (C=O) groups is 2. The molecule has 2 aromatic rings. The zero-order valence-corrected chi connectivity index (χ0v) is 15.6. The molecule has 0 aromatic heterocycles. The molecule has 0 spiro atoms. The van der Waals surface area contributed by atoms with E-state index in [0.717, 1.165) is 28.9 Å². The second-order valence-corrected chi connectivity index (χ2v) is 6.26. The zero-order valence-electron chi connectivity index (χ0n) is 15.6. The maximum atomic E-state index is 13.1. The van der Waals surface area contributed by atoms with E-state index in [1.54, 1.807) is 0 Å². The van der Waals surface area contributed by atoms with Crippen LogP contribution in [0.3, 0.4) is 0 Å². The van der Waals surface area contributed by atoms with E-state index in [-0.39, 0.29) is 24.7 Å². The smallest absolute Gasteiger partial charge is 0.243 e. The van der Waals surface area contributed by atoms with Crippen LogP contribution in [-0.4, -0.2) is 31.4 Å². The van der Waals surface area contributed by atoms with E-state index in [1.807, 2.05) is 43.9 Å². The number of hydrogen-bond acceptors (Lipinski definition) is 3. The first-order valence-electron chi connectivity index (χ1n) is 8.64. The minimum atomic E-state index is -1.05. The number of hydrogen-bond donors (Lipinski definition) is 2. The fourth-order valence-corrected chi connectivity index (χ4v) is 2.71. The molecular weight excluding hydrogens is 352 g/mol. The number of aryl methyl sites for hydroxylation is 2. The summed E-state index contributed by atoms with van der Waals surface area (Å²) < 4.78 is 26.0. The number of nitrogens with zero attached hydrogens (tertiary/aromatic N) is 1. The first-order chi connectivity index (χ1) is 12.8. The minimum absolute atomic E-state index is 0.110. The van der Waals surface area contributed by atoms with E-state index >= 15 is 0 Å². The molecule has 0 heterocycles. The van der Waals surface area contributed by atoms with E-state index in [4.69, 9.17) is 0 Å². The molecule has 7 heteroatoms. The van der Waals surface area contributed by atoms with E-state index < -0.39 is 17.5 Å². The van der Waals surface area contributed by atoms with Gasteiger partial charge in [0, 0.05) is 24.0 Å². The monoisotopic (exact) mass is 375 g/mol. The van der Waals surface area contributed by atoms with Gasteiger partial charge in [-0.05, 0) is 44.5 Å². The average Bonchev–Trinajstić information content (AvgIpc) is 2.61. The lowest BCUT2D eigenvalue weighted by atomic mass is 10.1. The van der Waals surface area contributed by atoms with E-state index in [9.17, 15) is 18.4 Å². The van der Waals surface area contributed by atoms with Crippen molar-refractivity contribution in [1.82, 2.24) is 5.32 Å². The van der Waals surface area contributed by atoms with Crippen LogP contribution in [0.15, 0.2) is 36.4 Å². The molecule has 0 fully saturated rings. The van der Waals surface area contributed by atoms with Crippen molar-refractivity contribution in [2.24, 2.45) is 0 Å². The number of rotatable bonds is 7. The van der Waals surface area contributed by atoms with Gasteiger partial charge in [0.1, 0.15) is 0 Å². The largest absolute Gasteiger partial charge is 0.362 e. The molecule has 2 rings (SSSR count). The highest BCUT2D eigenvalue weighted by atomic mass is 19.2. The van der Waals surface area contributed by atoms with Crippen LogP contribution in [-0.2, 0) is 9.59 Å². The van der Waals surface area contributed by atoms with Gasteiger partial charge in [0.05, 0.1) is 13.1 Å². The van der Waals surface area contributed by atoms with Gasteiger partial charge >= 0.3 is 0 Å². The molecule has 5 nitrogen and oxygen atoms in total. The van der Waals surface area contributed by atoms with Crippen molar-refractivity contribution in [3.05, 3.63) is 59.2 Å². The molecule has 0 saturated heterocycles. The number of carbonyl (C=O) groups excluding carboxylic acids is 2. The van der Waals surface area contributed by atoms with Gasteiger partial charge in [-0.15, -0.1) is 0 Å². The lowest BCUT2D eigenvalue weighted by molar-refractivity contribution is -0.123. The third-order valence-electron chi connectivity index (χ3n) is 4.06. The van der Waals surface area contributed by atoms with Gasteiger partial charge in [-0.2, -0.15) is 0 Å². The van der Waals surface area contributed by atoms with Crippen molar-refractivity contribution in [2.75, 3.05) is 29.9 Å². The Morgan fingerprint density at radius 2 is 1.74 bits per heavy atom. The van der Waals surface area contributed by atoms with Gasteiger partial charge in [0.25, 0.3) is 0 Å². The molecule has 144 valence electrons. The highest BCUT2D eigenvalue weighted by Gasteiger charge is 2.13. The summed E-state index contributed by atoms with van der Waals surface area (Å²) in [4.78, 5) is 26.0. The van der Waals surface area contributed by atoms with Crippen LogP contribution < -0.4 is 15.5 Å². The molecule has 0 saturated carbocycles. The van der Waals surface area contributed by atoms with Crippen LogP contribution in [0, 0.1) is 25.5 Å². The van der Waals surface area contributed by atoms with Crippen molar-refractivity contribution >= 4 is 23.2 Å². The molecule has 2 aromatic carbocycles. The summed E-state index contributed by atoms with van der Waals surface area (Å²) in [5, 5.41) is 4.94. The van der Waals surface area contributed by atoms with Crippen LogP contribution in [0.2, 0.25) is 0 Å². The highest BCUT2D eigenvalue weighted by molar-refractivity contribution is 5.95. The third kappa shape index (κ3) is 5.77. The molecule has 0 bridgehead atoms. The van der Waals surface area contributed by atoms with Crippen molar-refractivity contribution in [1.29, 1.82) is 0 Å². The Bertz CT molecular complexity index is 840. The molecule has 0 atom stereocenters. The van der Waals surface area contributed by atoms with Crippen molar-refractivity contribution in [2.45, 2.75) is 20.8 Å². The predicted molar refractivity (Wildman–Crippen MR) is 102 cm³/mol. The van der Waals surface area contributed by atoms with Crippen molar-refractivity contribution in [3.63, 3.8) is 0 Å². The summed E-state index contributed by atoms with van der Waals surface area (Å²) in [6.07, 6.45) is 0. The number of amides is 2. The first kappa shape index (κ1) is 20.4. The van der Waals surface area contributed by atoms with Gasteiger partial charge in [-0.1, -0.05) is 17.7 Å². The lowest BCUT2D eigenvalue weighted by Gasteiger charge is -2.24. The van der Waals surface area contributed by atoms with Gasteiger partial charge in [-0.25, -0.2) is 8.78 Å². The maximum Gasteiger partial charge on any atom is 0.243 e. The van der Waals surface area contributed by atoms with Crippen LogP contribution in [0.4, 0.5) is 20.2 Å². The molecular formula is C20H23F2N3O2. The molecule has 27 heavy (non-hydrogen) atoms. The zero-order chi connectivity index (χ0) is 20.0. The maximum absolute atomic E-state index is 13.1. The first-order valence-corrected chi connectivity index (χ1v) is 8.64. The quantitative estimate of drug-likeness (QED) is 0.782. The standard InChI is InChI=1S/C20H23F2N3O2/c1-4-25(18-8-5-13(2)9-14(18)3)12-20(27)23-11-19(26)24-15-6-7-16(21)17(22)10-15/h5-10H,4,11-12H2,1-3H3,(H,23,27)(H,24,26). The Balaban J connectivity index is 1.88. The van der Waals surface area contributed by atoms with Crippen LogP contribution >= 0.6 is 0 Å². The second-order valence-electron chi connectivity index (χ2n) is 6.26. The van der Waals surface area contributed by atoms with E-state index in [2.05, 4.69) is 10.6 Å². The minimum Gasteiger partial charge on any atom is -0.362 e. The molecule has 0 aliphatic carbocycles. The summed E-state index contributed by atoms with van der Waals surface area (Å²) in [5.74, 6) is -2.88. The topological polar surface area (TPSA) is 61.4 Å². The Morgan fingerprint density at radius 3 is 2.37 bits per heavy atom. The summed E-state index contributed by atoms with van der Waals surface area (Å²) in [7, 11) is 0. The molecule has 0 aliphatic rings. The SMILES string of the molecule is CCN(CC(=O)NCC(=O)Nc1ccc(F)c(F)c1)c1ccc(C)cc1C. The summed E-state index contributed by atoms with van der Waals surface area (Å²) >= 11 is 0. The third-order valence-corrected chi connectivity index (χ3v) is 4.06. The van der Waals surface area contributed by atoms with Gasteiger partial charge in [-0.3, -0.25) is 9.59 Å². The normalized spacial score (nSPS) is 10.4. The number of halogens is 2. The van der Waals surface area contributed by atoms with Crippen LogP contribution in [0.25, 0.3) is 0 Å². The van der Waals surface area contributed by atoms with E-state index in [1.165, 1.54) is 6.07 Å². The molecule has 0 aliphatic heterocycles. The average molecular weight is 375 g/mol. The number of nitrogens with one attached hydrogen (secondary N) is 2. The van der Waals surface area contributed by atoms with Gasteiger partial charge < -0.3 is 15.5 Å². The fourth-order valence-electron chi connectivity index (χ4n) is 2.71. The van der Waals surface area contributed by atoms with E-state index in [0.29, 0.717) is 6.54 Å². The second kappa shape index (κ2) is 9.12. The molecule has 2 N–H and O–H groups in total. The summed E-state index contributed by atoms with van der Waals surface area (Å²) in [6, 6.07) is 9.05. The highest BCUT2D eigenvalue weighted by Crippen LogP contribution is 2.20. The number of benzene rings is 2. The molecule has 0 unspecified atom stereocenters. The number of anilines is 2. The van der Waals surface area contributed by atoms with Gasteiger partial charge in [0.15, 0.2) is 11.6 Å². The Kier molecular flexibility index (Phi) is 6.87. The number of likely N-dealkylation sites (N-methyl/N-ethyl adjacent to an activating group) is 1. The van der Waals surface area contributed by atoms with Crippen LogP contribution in [0.1, 0.15) is 18.1 Å². The lowest BCUT2D eigenvalue weighted by Crippen LogP contribution is -2.40. The van der Waals surface area contributed by atoms with Crippen molar-refractivity contribution < 1.29 is 18.4 Å². The fraction of sp³-hybridized carbons (Fsp3) is 0.300.